The number of hydrogen-bond acceptors (Lipinski definition) is 5. The fourth-order valence-electron chi connectivity index (χ4n) is 2.47. The van der Waals surface area contributed by atoms with Gasteiger partial charge in [-0.3, -0.25) is 4.79 Å². The number of sulfonamides is 1. The maximum atomic E-state index is 12.0. The predicted octanol–water partition coefficient (Wildman–Crippen LogP) is 1.19. The zero-order valence-corrected chi connectivity index (χ0v) is 15.1. The molecular formula is C16H17ClN2O5S. The smallest absolute Gasteiger partial charge is 0.254 e. The number of carbonyl (C=O) groups is 1. The molecule has 0 fully saturated rings. The van der Waals surface area contributed by atoms with Gasteiger partial charge in [-0.2, -0.15) is 0 Å². The van der Waals surface area contributed by atoms with E-state index in [4.69, 9.17) is 16.7 Å². The van der Waals surface area contributed by atoms with Gasteiger partial charge >= 0.3 is 0 Å². The summed E-state index contributed by atoms with van der Waals surface area (Å²) in [6.07, 6.45) is 0. The summed E-state index contributed by atoms with van der Waals surface area (Å²) in [6.45, 7) is 0. The van der Waals surface area contributed by atoms with Crippen molar-refractivity contribution in [2.24, 2.45) is 5.14 Å². The molecule has 0 aliphatic carbocycles. The number of primary sulfonamides is 1. The average molecular weight is 385 g/mol. The molecule has 134 valence electrons. The highest BCUT2D eigenvalue weighted by Crippen LogP contribution is 2.36. The lowest BCUT2D eigenvalue weighted by Crippen LogP contribution is -2.40. The molecule has 1 aliphatic rings. The number of methoxy groups -OCH3 is 1. The van der Waals surface area contributed by atoms with Crippen LogP contribution in [0.3, 0.4) is 0 Å². The number of halogens is 1. The van der Waals surface area contributed by atoms with Crippen LogP contribution in [0.2, 0.25) is 5.02 Å². The van der Waals surface area contributed by atoms with Gasteiger partial charge in [-0.05, 0) is 18.2 Å². The van der Waals surface area contributed by atoms with Crippen LogP contribution in [-0.2, 0) is 20.5 Å². The van der Waals surface area contributed by atoms with Crippen molar-refractivity contribution in [1.29, 1.82) is 0 Å². The Balaban J connectivity index is 0.000000701. The number of carbonyl (C=O) groups excluding carboxylic acids is 1. The molecule has 25 heavy (non-hydrogen) atoms. The van der Waals surface area contributed by atoms with E-state index >= 15 is 0 Å². The van der Waals surface area contributed by atoms with Crippen LogP contribution >= 0.6 is 11.6 Å². The summed E-state index contributed by atoms with van der Waals surface area (Å²) in [5.41, 5.74) is -1.03. The predicted molar refractivity (Wildman–Crippen MR) is 92.7 cm³/mol. The maximum absolute atomic E-state index is 12.0. The highest BCUT2D eigenvalue weighted by molar-refractivity contribution is 7.89. The zero-order valence-electron chi connectivity index (χ0n) is 13.5. The molecule has 0 bridgehead atoms. The van der Waals surface area contributed by atoms with Gasteiger partial charge in [0.05, 0.1) is 5.02 Å². The Labute approximate surface area is 150 Å². The third-order valence-corrected chi connectivity index (χ3v) is 4.90. The Bertz CT molecular complexity index is 916. The number of rotatable bonds is 2. The molecule has 7 nitrogen and oxygen atoms in total. The largest absolute Gasteiger partial charge is 0.388 e. The van der Waals surface area contributed by atoms with Gasteiger partial charge in [-0.15, -0.1) is 0 Å². The molecule has 0 radical (unpaired) electrons. The summed E-state index contributed by atoms with van der Waals surface area (Å²) < 4.78 is 27.4. The number of nitrogens with two attached hydrogens (primary N) is 1. The first-order valence-electron chi connectivity index (χ1n) is 7.02. The highest BCUT2D eigenvalue weighted by atomic mass is 35.5. The van der Waals surface area contributed by atoms with Gasteiger partial charge in [0.25, 0.3) is 5.91 Å². The summed E-state index contributed by atoms with van der Waals surface area (Å²) in [6, 6.07) is 10.4. The first-order valence-corrected chi connectivity index (χ1v) is 8.95. The summed E-state index contributed by atoms with van der Waals surface area (Å²) in [5, 5.41) is 18.4. The van der Waals surface area contributed by atoms with Gasteiger partial charge in [0, 0.05) is 30.9 Å². The van der Waals surface area contributed by atoms with E-state index in [0.717, 1.165) is 6.07 Å². The van der Waals surface area contributed by atoms with Crippen molar-refractivity contribution in [1.82, 2.24) is 5.32 Å². The van der Waals surface area contributed by atoms with E-state index in [1.54, 1.807) is 38.5 Å². The second-order valence-corrected chi connectivity index (χ2v) is 7.25. The number of aliphatic hydroxyl groups is 1. The van der Waals surface area contributed by atoms with E-state index in [9.17, 15) is 18.3 Å². The Morgan fingerprint density at radius 2 is 1.80 bits per heavy atom. The summed E-state index contributed by atoms with van der Waals surface area (Å²) in [7, 11) is -0.809. The van der Waals surface area contributed by atoms with E-state index in [1.165, 1.54) is 12.1 Å². The molecule has 1 amide bonds. The molecule has 1 aliphatic heterocycles. The lowest BCUT2D eigenvalue weighted by atomic mass is 9.94. The lowest BCUT2D eigenvalue weighted by Gasteiger charge is -2.25. The Hall–Kier alpha value is -1.97. The molecule has 0 aromatic heterocycles. The minimum absolute atomic E-state index is 0.0625. The number of benzene rings is 2. The van der Waals surface area contributed by atoms with Crippen LogP contribution in [0.25, 0.3) is 0 Å². The maximum Gasteiger partial charge on any atom is 0.254 e. The van der Waals surface area contributed by atoms with Crippen molar-refractivity contribution in [3.63, 3.8) is 0 Å². The Morgan fingerprint density at radius 3 is 2.40 bits per heavy atom. The van der Waals surface area contributed by atoms with Crippen molar-refractivity contribution in [2.75, 3.05) is 14.2 Å². The van der Waals surface area contributed by atoms with Gasteiger partial charge in [-0.25, -0.2) is 13.6 Å². The first kappa shape index (κ1) is 19.4. The van der Waals surface area contributed by atoms with Gasteiger partial charge in [0.15, 0.2) is 5.72 Å². The third kappa shape index (κ3) is 3.68. The fourth-order valence-corrected chi connectivity index (χ4v) is 3.54. The molecular weight excluding hydrogens is 368 g/mol. The van der Waals surface area contributed by atoms with Gasteiger partial charge < -0.3 is 15.2 Å². The molecule has 0 saturated heterocycles. The topological polar surface area (TPSA) is 119 Å². The van der Waals surface area contributed by atoms with Crippen LogP contribution < -0.4 is 10.5 Å². The number of fused-ring (bicyclic) bond motifs is 1. The molecule has 0 saturated carbocycles. The molecule has 1 heterocycles. The summed E-state index contributed by atoms with van der Waals surface area (Å²) in [5.74, 6) is -0.454. The van der Waals surface area contributed by atoms with Gasteiger partial charge in [0.1, 0.15) is 4.90 Å². The quantitative estimate of drug-likeness (QED) is 0.718. The molecule has 1 unspecified atom stereocenters. The molecule has 1 atom stereocenters. The number of ether oxygens (including phenoxy) is 1. The molecule has 9 heteroatoms. The monoisotopic (exact) mass is 384 g/mol. The van der Waals surface area contributed by atoms with Gasteiger partial charge in [0.2, 0.25) is 10.0 Å². The van der Waals surface area contributed by atoms with Crippen molar-refractivity contribution in [3.05, 3.63) is 64.2 Å². The second kappa shape index (κ2) is 7.11. The number of hydrogen-bond donors (Lipinski definition) is 3. The van der Waals surface area contributed by atoms with Crippen molar-refractivity contribution in [2.45, 2.75) is 10.6 Å². The van der Waals surface area contributed by atoms with Crippen molar-refractivity contribution >= 4 is 27.5 Å². The Kier molecular flexibility index (Phi) is 5.50. The number of nitrogens with one attached hydrogen (secondary N) is 1. The van der Waals surface area contributed by atoms with E-state index in [2.05, 4.69) is 10.1 Å². The highest BCUT2D eigenvalue weighted by Gasteiger charge is 2.43. The molecule has 2 aromatic carbocycles. The lowest BCUT2D eigenvalue weighted by molar-refractivity contribution is 0.0474. The van der Waals surface area contributed by atoms with Crippen LogP contribution in [-0.4, -0.2) is 33.7 Å². The second-order valence-electron chi connectivity index (χ2n) is 5.31. The normalized spacial score (nSPS) is 18.8. The van der Waals surface area contributed by atoms with Crippen LogP contribution in [0.15, 0.2) is 47.4 Å². The van der Waals surface area contributed by atoms with E-state index in [0.29, 0.717) is 11.1 Å². The van der Waals surface area contributed by atoms with E-state index < -0.39 is 21.7 Å². The first-order chi connectivity index (χ1) is 11.6. The molecule has 3 rings (SSSR count). The average Bonchev–Trinajstić information content (AvgIpc) is 2.80. The molecule has 0 spiro atoms. The van der Waals surface area contributed by atoms with Crippen LogP contribution in [0.5, 0.6) is 0 Å². The fraction of sp³-hybridized carbons (Fsp3) is 0.188. The van der Waals surface area contributed by atoms with Crippen LogP contribution in [0.4, 0.5) is 0 Å². The van der Waals surface area contributed by atoms with Crippen LogP contribution in [0.1, 0.15) is 21.5 Å². The standard InChI is InChI=1S/C14H11ClN2O4S.C2H6O/c15-11-6-5-8(7-12(11)22(16,20)21)14(19)10-4-2-1-3-9(10)13(18)17-14;1-3-2/h1-7,19H,(H,17,18)(H2,16,20,21);1-2H3. The Morgan fingerprint density at radius 1 is 1.20 bits per heavy atom. The van der Waals surface area contributed by atoms with Gasteiger partial charge in [-0.1, -0.05) is 35.9 Å². The zero-order chi connectivity index (χ0) is 18.8. The van der Waals surface area contributed by atoms with E-state index in [1.807, 2.05) is 0 Å². The SMILES string of the molecule is COC.NS(=O)(=O)c1cc(C2(O)NC(=O)c3ccccc32)ccc1Cl. The third-order valence-electron chi connectivity index (χ3n) is 3.51. The number of amides is 1. The molecule has 2 aromatic rings. The van der Waals surface area contributed by atoms with Crippen LogP contribution in [0, 0.1) is 0 Å². The summed E-state index contributed by atoms with van der Waals surface area (Å²) in [4.78, 5) is 11.6. The van der Waals surface area contributed by atoms with Crippen molar-refractivity contribution < 1.29 is 23.1 Å². The minimum atomic E-state index is -4.06. The van der Waals surface area contributed by atoms with E-state index in [-0.39, 0.29) is 15.5 Å². The van der Waals surface area contributed by atoms with Crippen molar-refractivity contribution in [3.8, 4) is 0 Å². The summed E-state index contributed by atoms with van der Waals surface area (Å²) >= 11 is 5.83. The minimum Gasteiger partial charge on any atom is -0.388 e. The molecule has 4 N–H and O–H groups in total.